The minimum atomic E-state index is -0.120. The first-order chi connectivity index (χ1) is 13.8. The Morgan fingerprint density at radius 3 is 2.54 bits per heavy atom. The number of hydrogen-bond acceptors (Lipinski definition) is 2. The highest BCUT2D eigenvalue weighted by atomic mass is 16.5. The highest BCUT2D eigenvalue weighted by Crippen LogP contribution is 2.29. The molecule has 0 unspecified atom stereocenters. The van der Waals surface area contributed by atoms with Gasteiger partial charge >= 0.3 is 6.03 Å². The van der Waals surface area contributed by atoms with E-state index in [2.05, 4.69) is 11.4 Å². The summed E-state index contributed by atoms with van der Waals surface area (Å²) < 4.78 is 5.97. The van der Waals surface area contributed by atoms with Gasteiger partial charge in [-0.1, -0.05) is 60.7 Å². The fourth-order valence-electron chi connectivity index (χ4n) is 3.52. The Hall–Kier alpha value is -3.27. The Bertz CT molecular complexity index is 940. The smallest absolute Gasteiger partial charge is 0.326 e. The lowest BCUT2D eigenvalue weighted by Crippen LogP contribution is -2.35. The predicted molar refractivity (Wildman–Crippen MR) is 113 cm³/mol. The number of rotatable bonds is 4. The molecule has 1 heterocycles. The van der Waals surface area contributed by atoms with E-state index < -0.39 is 0 Å². The lowest BCUT2D eigenvalue weighted by molar-refractivity contribution is 0.256. The average molecular weight is 372 g/mol. The molecule has 0 spiro atoms. The van der Waals surface area contributed by atoms with Crippen molar-refractivity contribution in [1.82, 2.24) is 0 Å². The monoisotopic (exact) mass is 372 g/mol. The number of hydrogen-bond donors (Lipinski definition) is 1. The number of nitrogens with one attached hydrogen (secondary N) is 1. The lowest BCUT2D eigenvalue weighted by Gasteiger charge is -2.24. The van der Waals surface area contributed by atoms with Crippen LogP contribution in [0.5, 0.6) is 5.75 Å². The van der Waals surface area contributed by atoms with Gasteiger partial charge in [0.05, 0.1) is 5.69 Å². The Labute approximate surface area is 165 Å². The number of ether oxygens (including phenoxy) is 1. The number of fused-ring (bicyclic) bond motifs is 1. The number of aryl methyl sites for hydroxylation is 1. The predicted octanol–water partition coefficient (Wildman–Crippen LogP) is 5.64. The van der Waals surface area contributed by atoms with Crippen molar-refractivity contribution >= 4 is 17.4 Å². The van der Waals surface area contributed by atoms with E-state index in [1.54, 1.807) is 0 Å². The molecule has 0 bridgehead atoms. The quantitative estimate of drug-likeness (QED) is 0.644. The molecular weight excluding hydrogens is 348 g/mol. The summed E-state index contributed by atoms with van der Waals surface area (Å²) in [6.45, 7) is 1.18. The first-order valence-corrected chi connectivity index (χ1v) is 9.73. The fraction of sp³-hybridized carbons (Fsp3) is 0.208. The van der Waals surface area contributed by atoms with Crippen molar-refractivity contribution in [2.75, 3.05) is 16.8 Å². The van der Waals surface area contributed by atoms with Gasteiger partial charge in [-0.05, 0) is 48.6 Å². The second-order valence-corrected chi connectivity index (χ2v) is 6.94. The van der Waals surface area contributed by atoms with Gasteiger partial charge in [0.2, 0.25) is 0 Å². The van der Waals surface area contributed by atoms with Crippen molar-refractivity contribution in [3.05, 3.63) is 90.0 Å². The maximum Gasteiger partial charge on any atom is 0.326 e. The molecule has 0 atom stereocenters. The van der Waals surface area contributed by atoms with Gasteiger partial charge in [0.15, 0.2) is 0 Å². The highest BCUT2D eigenvalue weighted by molar-refractivity contribution is 6.03. The maximum atomic E-state index is 13.1. The Morgan fingerprint density at radius 1 is 0.893 bits per heavy atom. The first-order valence-electron chi connectivity index (χ1n) is 9.73. The molecule has 1 N–H and O–H groups in total. The lowest BCUT2D eigenvalue weighted by atomic mass is 10.1. The van der Waals surface area contributed by atoms with Gasteiger partial charge in [0.25, 0.3) is 0 Å². The van der Waals surface area contributed by atoms with Crippen molar-refractivity contribution in [1.29, 1.82) is 0 Å². The summed E-state index contributed by atoms with van der Waals surface area (Å²) in [6.07, 6.45) is 3.10. The molecular formula is C24H24N2O2. The Kier molecular flexibility index (Phi) is 5.57. The molecule has 1 aliphatic rings. The largest absolute Gasteiger partial charge is 0.487 e. The SMILES string of the molecule is O=C(Nc1ccccc1OCc1ccccc1)N1CCCCc2ccccc21. The summed E-state index contributed by atoms with van der Waals surface area (Å²) in [5.74, 6) is 0.669. The van der Waals surface area contributed by atoms with Crippen LogP contribution in [0.25, 0.3) is 0 Å². The van der Waals surface area contributed by atoms with E-state index >= 15 is 0 Å². The third-order valence-corrected chi connectivity index (χ3v) is 4.97. The number of carbonyl (C=O) groups is 1. The molecule has 142 valence electrons. The van der Waals surface area contributed by atoms with E-state index in [1.165, 1.54) is 5.56 Å². The maximum absolute atomic E-state index is 13.1. The molecule has 0 radical (unpaired) electrons. The molecule has 0 fully saturated rings. The highest BCUT2D eigenvalue weighted by Gasteiger charge is 2.21. The van der Waals surface area contributed by atoms with Gasteiger partial charge in [-0.3, -0.25) is 4.90 Å². The zero-order chi connectivity index (χ0) is 19.2. The number of urea groups is 1. The van der Waals surface area contributed by atoms with Crippen molar-refractivity contribution in [2.45, 2.75) is 25.9 Å². The molecule has 4 nitrogen and oxygen atoms in total. The molecule has 0 saturated carbocycles. The van der Waals surface area contributed by atoms with Crippen LogP contribution < -0.4 is 15.0 Å². The van der Waals surface area contributed by atoms with Crippen LogP contribution in [0.3, 0.4) is 0 Å². The number of amides is 2. The molecule has 1 aliphatic heterocycles. The molecule has 0 saturated heterocycles. The van der Waals surface area contributed by atoms with E-state index in [0.29, 0.717) is 18.0 Å². The molecule has 4 rings (SSSR count). The van der Waals surface area contributed by atoms with Crippen molar-refractivity contribution in [2.24, 2.45) is 0 Å². The van der Waals surface area contributed by atoms with Gasteiger partial charge in [-0.25, -0.2) is 4.79 Å². The van der Waals surface area contributed by atoms with Crippen LogP contribution in [-0.4, -0.2) is 12.6 Å². The van der Waals surface area contributed by atoms with Crippen LogP contribution >= 0.6 is 0 Å². The standard InChI is InChI=1S/C24H24N2O2/c27-24(26-17-9-8-13-20-12-4-6-15-22(20)26)25-21-14-5-7-16-23(21)28-18-19-10-2-1-3-11-19/h1-7,10-12,14-16H,8-9,13,17-18H2,(H,25,27). The topological polar surface area (TPSA) is 41.6 Å². The molecule has 4 heteroatoms. The van der Waals surface area contributed by atoms with E-state index in [1.807, 2.05) is 77.7 Å². The van der Waals surface area contributed by atoms with Crippen LogP contribution in [0.15, 0.2) is 78.9 Å². The fourth-order valence-corrected chi connectivity index (χ4v) is 3.52. The Morgan fingerprint density at radius 2 is 1.64 bits per heavy atom. The zero-order valence-electron chi connectivity index (χ0n) is 15.8. The van der Waals surface area contributed by atoms with Crippen molar-refractivity contribution < 1.29 is 9.53 Å². The zero-order valence-corrected chi connectivity index (χ0v) is 15.8. The molecule has 28 heavy (non-hydrogen) atoms. The van der Waals surface area contributed by atoms with Gasteiger partial charge in [-0.2, -0.15) is 0 Å². The summed E-state index contributed by atoms with van der Waals surface area (Å²) in [4.78, 5) is 14.9. The number of nitrogens with zero attached hydrogens (tertiary/aromatic N) is 1. The summed E-state index contributed by atoms with van der Waals surface area (Å²) >= 11 is 0. The van der Waals surface area contributed by atoms with Crippen LogP contribution in [0.4, 0.5) is 16.2 Å². The number of para-hydroxylation sites is 3. The number of benzene rings is 3. The van der Waals surface area contributed by atoms with Crippen molar-refractivity contribution in [3.63, 3.8) is 0 Å². The van der Waals surface area contributed by atoms with E-state index in [-0.39, 0.29) is 6.03 Å². The molecule has 3 aromatic rings. The minimum absolute atomic E-state index is 0.120. The van der Waals surface area contributed by atoms with Crippen LogP contribution in [0, 0.1) is 0 Å². The van der Waals surface area contributed by atoms with Crippen molar-refractivity contribution in [3.8, 4) is 5.75 Å². The normalized spacial score (nSPS) is 13.4. The summed E-state index contributed by atoms with van der Waals surface area (Å²) in [6, 6.07) is 25.6. The molecule has 0 aliphatic carbocycles. The second-order valence-electron chi connectivity index (χ2n) is 6.94. The van der Waals surface area contributed by atoms with Crippen LogP contribution in [0.1, 0.15) is 24.0 Å². The number of carbonyl (C=O) groups excluding carboxylic acids is 1. The van der Waals surface area contributed by atoms with Gasteiger partial charge < -0.3 is 10.1 Å². The molecule has 3 aromatic carbocycles. The molecule has 2 amide bonds. The summed E-state index contributed by atoms with van der Waals surface area (Å²) in [7, 11) is 0. The first kappa shape index (κ1) is 18.1. The van der Waals surface area contributed by atoms with Crippen LogP contribution in [0.2, 0.25) is 0 Å². The second kappa shape index (κ2) is 8.61. The minimum Gasteiger partial charge on any atom is -0.487 e. The Balaban J connectivity index is 1.51. The number of anilines is 2. The summed E-state index contributed by atoms with van der Waals surface area (Å²) in [5, 5.41) is 3.05. The van der Waals surface area contributed by atoms with E-state index in [4.69, 9.17) is 4.74 Å². The third-order valence-electron chi connectivity index (χ3n) is 4.97. The van der Waals surface area contributed by atoms with Gasteiger partial charge in [0, 0.05) is 12.2 Å². The summed E-state index contributed by atoms with van der Waals surface area (Å²) in [5.41, 5.74) is 4.00. The molecule has 0 aromatic heterocycles. The average Bonchev–Trinajstić information content (AvgIpc) is 2.96. The van der Waals surface area contributed by atoms with Gasteiger partial charge in [0.1, 0.15) is 12.4 Å². The third kappa shape index (κ3) is 4.17. The van der Waals surface area contributed by atoms with E-state index in [9.17, 15) is 4.79 Å². The van der Waals surface area contributed by atoms with E-state index in [0.717, 1.165) is 37.1 Å². The van der Waals surface area contributed by atoms with Gasteiger partial charge in [-0.15, -0.1) is 0 Å². The van der Waals surface area contributed by atoms with Crippen LogP contribution in [-0.2, 0) is 13.0 Å².